The van der Waals surface area contributed by atoms with Crippen molar-refractivity contribution in [1.82, 2.24) is 5.32 Å². The summed E-state index contributed by atoms with van der Waals surface area (Å²) in [6.07, 6.45) is 6.02. The molecule has 1 N–H and O–H groups in total. The molecular weight excluding hydrogens is 238 g/mol. The zero-order valence-electron chi connectivity index (χ0n) is 11.7. The predicted octanol–water partition coefficient (Wildman–Crippen LogP) is 2.84. The quantitative estimate of drug-likeness (QED) is 0.888. The summed E-state index contributed by atoms with van der Waals surface area (Å²) >= 11 is 0. The van der Waals surface area contributed by atoms with E-state index in [0.717, 1.165) is 44.1 Å². The second kappa shape index (κ2) is 5.83. The van der Waals surface area contributed by atoms with E-state index in [1.807, 2.05) is 0 Å². The number of ether oxygens (including phenoxy) is 2. The molecule has 1 aromatic rings. The van der Waals surface area contributed by atoms with Gasteiger partial charge in [-0.15, -0.1) is 0 Å². The van der Waals surface area contributed by atoms with Crippen LogP contribution in [0.5, 0.6) is 11.5 Å². The Morgan fingerprint density at radius 3 is 2.63 bits per heavy atom. The smallest absolute Gasteiger partial charge is 0.161 e. The molecule has 1 aromatic carbocycles. The third-order valence-corrected chi connectivity index (χ3v) is 4.08. The highest BCUT2D eigenvalue weighted by atomic mass is 16.5. The van der Waals surface area contributed by atoms with Crippen LogP contribution in [0.1, 0.15) is 36.8 Å². The van der Waals surface area contributed by atoms with E-state index in [0.29, 0.717) is 6.04 Å². The van der Waals surface area contributed by atoms with Gasteiger partial charge in [0.25, 0.3) is 0 Å². The van der Waals surface area contributed by atoms with Crippen molar-refractivity contribution in [3.05, 3.63) is 23.3 Å². The van der Waals surface area contributed by atoms with Gasteiger partial charge in [-0.05, 0) is 56.0 Å². The molecule has 3 nitrogen and oxygen atoms in total. The first kappa shape index (κ1) is 12.8. The molecule has 1 saturated heterocycles. The van der Waals surface area contributed by atoms with Gasteiger partial charge in [0.05, 0.1) is 13.2 Å². The molecule has 0 amide bonds. The molecule has 19 heavy (non-hydrogen) atoms. The van der Waals surface area contributed by atoms with Crippen molar-refractivity contribution in [1.29, 1.82) is 0 Å². The summed E-state index contributed by atoms with van der Waals surface area (Å²) in [5.41, 5.74) is 2.71. The highest BCUT2D eigenvalue weighted by molar-refractivity contribution is 5.47. The van der Waals surface area contributed by atoms with E-state index in [2.05, 4.69) is 24.4 Å². The van der Waals surface area contributed by atoms with Crippen LogP contribution < -0.4 is 14.8 Å². The van der Waals surface area contributed by atoms with Gasteiger partial charge in [0.15, 0.2) is 11.5 Å². The van der Waals surface area contributed by atoms with Gasteiger partial charge < -0.3 is 14.8 Å². The second-order valence-electron chi connectivity index (χ2n) is 5.63. The van der Waals surface area contributed by atoms with Crippen LogP contribution in [0.3, 0.4) is 0 Å². The molecule has 2 aliphatic rings. The summed E-state index contributed by atoms with van der Waals surface area (Å²) in [5.74, 6) is 1.84. The van der Waals surface area contributed by atoms with Crippen molar-refractivity contribution in [3.63, 3.8) is 0 Å². The lowest BCUT2D eigenvalue weighted by Crippen LogP contribution is -2.35. The van der Waals surface area contributed by atoms with Gasteiger partial charge in [-0.1, -0.05) is 6.42 Å². The van der Waals surface area contributed by atoms with Crippen LogP contribution >= 0.6 is 0 Å². The van der Waals surface area contributed by atoms with Crippen LogP contribution in [-0.2, 0) is 6.42 Å². The molecule has 0 saturated carbocycles. The summed E-state index contributed by atoms with van der Waals surface area (Å²) in [6, 6.07) is 4.95. The topological polar surface area (TPSA) is 30.5 Å². The first-order valence-electron chi connectivity index (χ1n) is 7.45. The van der Waals surface area contributed by atoms with Crippen molar-refractivity contribution in [2.24, 2.45) is 0 Å². The molecule has 1 unspecified atom stereocenters. The average Bonchev–Trinajstić information content (AvgIpc) is 2.65. The molecule has 104 valence electrons. The highest BCUT2D eigenvalue weighted by Gasteiger charge is 2.17. The van der Waals surface area contributed by atoms with E-state index in [-0.39, 0.29) is 0 Å². The summed E-state index contributed by atoms with van der Waals surface area (Å²) in [6.45, 7) is 4.86. The summed E-state index contributed by atoms with van der Waals surface area (Å²) in [4.78, 5) is 0. The lowest BCUT2D eigenvalue weighted by atomic mass is 9.95. The average molecular weight is 261 g/mol. The van der Waals surface area contributed by atoms with Crippen molar-refractivity contribution >= 4 is 0 Å². The Balaban J connectivity index is 1.78. The van der Waals surface area contributed by atoms with Crippen molar-refractivity contribution < 1.29 is 9.47 Å². The van der Waals surface area contributed by atoms with Crippen LogP contribution in [0, 0.1) is 6.92 Å². The number of piperidine rings is 1. The van der Waals surface area contributed by atoms with E-state index in [1.54, 1.807) is 0 Å². The molecule has 2 aliphatic heterocycles. The normalized spacial score (nSPS) is 22.9. The third kappa shape index (κ3) is 3.03. The Morgan fingerprint density at radius 2 is 1.89 bits per heavy atom. The van der Waals surface area contributed by atoms with E-state index < -0.39 is 0 Å². The minimum absolute atomic E-state index is 0.622. The number of hydrogen-bond donors (Lipinski definition) is 1. The van der Waals surface area contributed by atoms with E-state index >= 15 is 0 Å². The molecule has 0 spiro atoms. The maximum atomic E-state index is 5.79. The monoisotopic (exact) mass is 261 g/mol. The second-order valence-corrected chi connectivity index (χ2v) is 5.63. The van der Waals surface area contributed by atoms with E-state index in [1.165, 1.54) is 30.4 Å². The van der Waals surface area contributed by atoms with Crippen LogP contribution in [0.2, 0.25) is 0 Å². The number of hydrogen-bond acceptors (Lipinski definition) is 3. The molecule has 0 radical (unpaired) electrons. The Labute approximate surface area is 115 Å². The fourth-order valence-corrected chi connectivity index (χ4v) is 2.94. The molecule has 0 aliphatic carbocycles. The first-order chi connectivity index (χ1) is 9.33. The van der Waals surface area contributed by atoms with Gasteiger partial charge in [-0.3, -0.25) is 0 Å². The van der Waals surface area contributed by atoms with Crippen LogP contribution in [0.15, 0.2) is 12.1 Å². The van der Waals surface area contributed by atoms with E-state index in [4.69, 9.17) is 9.47 Å². The van der Waals surface area contributed by atoms with E-state index in [9.17, 15) is 0 Å². The van der Waals surface area contributed by atoms with Crippen LogP contribution in [0.4, 0.5) is 0 Å². The van der Waals surface area contributed by atoms with Gasteiger partial charge in [-0.25, -0.2) is 0 Å². The number of benzene rings is 1. The maximum absolute atomic E-state index is 5.79. The highest BCUT2D eigenvalue weighted by Crippen LogP contribution is 2.33. The molecule has 3 rings (SSSR count). The third-order valence-electron chi connectivity index (χ3n) is 4.08. The fraction of sp³-hybridized carbons (Fsp3) is 0.625. The van der Waals surface area contributed by atoms with Crippen molar-refractivity contribution in [2.45, 2.75) is 45.1 Å². The Morgan fingerprint density at radius 1 is 1.11 bits per heavy atom. The molecule has 2 heterocycles. The first-order valence-corrected chi connectivity index (χ1v) is 7.45. The summed E-state index contributed by atoms with van der Waals surface area (Å²) in [7, 11) is 0. The van der Waals surface area contributed by atoms with Gasteiger partial charge >= 0.3 is 0 Å². The van der Waals surface area contributed by atoms with Crippen molar-refractivity contribution in [3.8, 4) is 11.5 Å². The maximum Gasteiger partial charge on any atom is 0.161 e. The van der Waals surface area contributed by atoms with Gasteiger partial charge in [0.1, 0.15) is 0 Å². The Bertz CT molecular complexity index is 439. The predicted molar refractivity (Wildman–Crippen MR) is 76.1 cm³/mol. The standard InChI is InChI=1S/C16H23NO2/c1-12-9-15-16(19-8-4-7-18-15)11-13(12)10-14-5-2-3-6-17-14/h9,11,14,17H,2-8,10H2,1H3. The summed E-state index contributed by atoms with van der Waals surface area (Å²) in [5, 5.41) is 3.62. The molecule has 3 heteroatoms. The Kier molecular flexibility index (Phi) is 3.92. The van der Waals surface area contributed by atoms with Gasteiger partial charge in [0, 0.05) is 12.5 Å². The summed E-state index contributed by atoms with van der Waals surface area (Å²) < 4.78 is 11.5. The number of aryl methyl sites for hydroxylation is 1. The SMILES string of the molecule is Cc1cc2c(cc1CC1CCCCN1)OCCCO2. The Hall–Kier alpha value is -1.22. The molecule has 0 bridgehead atoms. The minimum atomic E-state index is 0.622. The zero-order valence-corrected chi connectivity index (χ0v) is 11.7. The number of rotatable bonds is 2. The number of nitrogens with one attached hydrogen (secondary N) is 1. The molecule has 1 fully saturated rings. The molecular formula is C16H23NO2. The largest absolute Gasteiger partial charge is 0.490 e. The fourth-order valence-electron chi connectivity index (χ4n) is 2.94. The lowest BCUT2D eigenvalue weighted by Gasteiger charge is -2.24. The molecule has 1 atom stereocenters. The molecule has 0 aromatic heterocycles. The zero-order chi connectivity index (χ0) is 13.1. The number of fused-ring (bicyclic) bond motifs is 1. The van der Waals surface area contributed by atoms with Crippen LogP contribution in [-0.4, -0.2) is 25.8 Å². The lowest BCUT2D eigenvalue weighted by molar-refractivity contribution is 0.297. The van der Waals surface area contributed by atoms with Crippen LogP contribution in [0.25, 0.3) is 0 Å². The van der Waals surface area contributed by atoms with Gasteiger partial charge in [0.2, 0.25) is 0 Å². The van der Waals surface area contributed by atoms with Crippen molar-refractivity contribution in [2.75, 3.05) is 19.8 Å². The van der Waals surface area contributed by atoms with Gasteiger partial charge in [-0.2, -0.15) is 0 Å². The minimum Gasteiger partial charge on any atom is -0.490 e.